The number of likely N-dealkylation sites (N-methyl/N-ethyl adjacent to an activating group) is 1. The van der Waals surface area contributed by atoms with Crippen molar-refractivity contribution in [3.63, 3.8) is 0 Å². The summed E-state index contributed by atoms with van der Waals surface area (Å²) in [5.74, 6) is -1.68. The van der Waals surface area contributed by atoms with E-state index in [1.54, 1.807) is 43.3 Å². The molecular formula is C26H26Cl2FN3O4S. The largest absolute Gasteiger partial charge is 0.355 e. The fraction of sp³-hybridized carbons (Fsp3) is 0.231. The SMILES string of the molecule is CCNC(=O)[C@H](C)N(Cc1c(Cl)cccc1Cl)C(=O)CN(c1ccccc1)S(=O)(=O)c1ccc(F)cc1. The number of hydrogen-bond donors (Lipinski definition) is 1. The molecule has 0 fully saturated rings. The molecule has 0 unspecified atom stereocenters. The van der Waals surface area contributed by atoms with Gasteiger partial charge in [-0.15, -0.1) is 0 Å². The molecule has 1 atom stereocenters. The number of rotatable bonds is 10. The highest BCUT2D eigenvalue weighted by atomic mass is 35.5. The minimum atomic E-state index is -4.28. The van der Waals surface area contributed by atoms with Crippen molar-refractivity contribution >= 4 is 50.7 Å². The molecule has 3 aromatic rings. The molecule has 0 heterocycles. The fourth-order valence-electron chi connectivity index (χ4n) is 3.62. The van der Waals surface area contributed by atoms with E-state index in [1.165, 1.54) is 24.0 Å². The normalized spacial score (nSPS) is 12.0. The Hall–Kier alpha value is -3.14. The lowest BCUT2D eigenvalue weighted by molar-refractivity contribution is -0.139. The van der Waals surface area contributed by atoms with Gasteiger partial charge in [-0.05, 0) is 62.4 Å². The third kappa shape index (κ3) is 6.80. The Morgan fingerprint density at radius 1 is 0.946 bits per heavy atom. The molecule has 11 heteroatoms. The zero-order valence-corrected chi connectivity index (χ0v) is 22.5. The number of benzene rings is 3. The Bertz CT molecular complexity index is 1340. The molecule has 0 bridgehead atoms. The number of nitrogens with one attached hydrogen (secondary N) is 1. The van der Waals surface area contributed by atoms with E-state index in [9.17, 15) is 22.4 Å². The molecule has 3 aromatic carbocycles. The number of nitrogens with zero attached hydrogens (tertiary/aromatic N) is 2. The fourth-order valence-corrected chi connectivity index (χ4v) is 5.55. The maximum absolute atomic E-state index is 13.7. The van der Waals surface area contributed by atoms with Crippen LogP contribution in [0.25, 0.3) is 0 Å². The molecule has 0 aliphatic rings. The van der Waals surface area contributed by atoms with Crippen molar-refractivity contribution in [3.05, 3.63) is 94.2 Å². The number of para-hydroxylation sites is 1. The average Bonchev–Trinajstić information content (AvgIpc) is 2.87. The average molecular weight is 566 g/mol. The summed E-state index contributed by atoms with van der Waals surface area (Å²) >= 11 is 12.7. The summed E-state index contributed by atoms with van der Waals surface area (Å²) in [6.07, 6.45) is 0. The summed E-state index contributed by atoms with van der Waals surface area (Å²) < 4.78 is 41.6. The van der Waals surface area contributed by atoms with E-state index in [2.05, 4.69) is 5.32 Å². The van der Waals surface area contributed by atoms with Crippen LogP contribution in [0.4, 0.5) is 10.1 Å². The molecule has 7 nitrogen and oxygen atoms in total. The lowest BCUT2D eigenvalue weighted by atomic mass is 10.1. The van der Waals surface area contributed by atoms with E-state index in [1.807, 2.05) is 0 Å². The van der Waals surface area contributed by atoms with Gasteiger partial charge in [-0.2, -0.15) is 0 Å². The second-order valence-electron chi connectivity index (χ2n) is 8.09. The molecule has 1 N–H and O–H groups in total. The Balaban J connectivity index is 2.04. The number of carbonyl (C=O) groups excluding carboxylic acids is 2. The number of hydrogen-bond acceptors (Lipinski definition) is 4. The molecule has 0 aliphatic carbocycles. The van der Waals surface area contributed by atoms with Crippen molar-refractivity contribution in [1.82, 2.24) is 10.2 Å². The third-order valence-electron chi connectivity index (χ3n) is 5.63. The van der Waals surface area contributed by atoms with Gasteiger partial charge in [-0.3, -0.25) is 13.9 Å². The van der Waals surface area contributed by atoms with Gasteiger partial charge in [0, 0.05) is 28.7 Å². The second-order valence-corrected chi connectivity index (χ2v) is 10.8. The van der Waals surface area contributed by atoms with Gasteiger partial charge >= 0.3 is 0 Å². The first-order valence-electron chi connectivity index (χ1n) is 11.4. The Kier molecular flexibility index (Phi) is 9.53. The van der Waals surface area contributed by atoms with Gasteiger partial charge < -0.3 is 10.2 Å². The summed E-state index contributed by atoms with van der Waals surface area (Å²) in [4.78, 5) is 27.5. The predicted octanol–water partition coefficient (Wildman–Crippen LogP) is 4.88. The van der Waals surface area contributed by atoms with E-state index < -0.39 is 40.2 Å². The standard InChI is InChI=1S/C26H26Cl2FN3O4S/c1-3-30-26(34)18(2)31(16-22-23(27)10-7-11-24(22)28)25(33)17-32(20-8-5-4-6-9-20)37(35,36)21-14-12-19(29)13-15-21/h4-15,18H,3,16-17H2,1-2H3,(H,30,34)/t18-/m0/s1. The van der Waals surface area contributed by atoms with E-state index in [-0.39, 0.29) is 17.1 Å². The van der Waals surface area contributed by atoms with Gasteiger partial charge in [0.25, 0.3) is 10.0 Å². The Morgan fingerprint density at radius 2 is 1.54 bits per heavy atom. The van der Waals surface area contributed by atoms with Crippen LogP contribution in [0.5, 0.6) is 0 Å². The van der Waals surface area contributed by atoms with Crippen LogP contribution in [0.2, 0.25) is 10.0 Å². The van der Waals surface area contributed by atoms with Crippen LogP contribution in [0.3, 0.4) is 0 Å². The van der Waals surface area contributed by atoms with Crippen molar-refractivity contribution in [2.24, 2.45) is 0 Å². The summed E-state index contributed by atoms with van der Waals surface area (Å²) in [5, 5.41) is 3.27. The molecule has 0 spiro atoms. The molecule has 2 amide bonds. The van der Waals surface area contributed by atoms with Crippen molar-refractivity contribution in [3.8, 4) is 0 Å². The maximum Gasteiger partial charge on any atom is 0.264 e. The van der Waals surface area contributed by atoms with Gasteiger partial charge in [0.15, 0.2) is 0 Å². The lowest BCUT2D eigenvalue weighted by Gasteiger charge is -2.32. The van der Waals surface area contributed by atoms with Gasteiger partial charge in [0.1, 0.15) is 18.4 Å². The molecule has 0 aliphatic heterocycles. The highest BCUT2D eigenvalue weighted by Gasteiger charge is 2.33. The number of amides is 2. The lowest BCUT2D eigenvalue weighted by Crippen LogP contribution is -2.51. The van der Waals surface area contributed by atoms with Crippen LogP contribution in [-0.2, 0) is 26.2 Å². The summed E-state index contributed by atoms with van der Waals surface area (Å²) in [5.41, 5.74) is 0.643. The topological polar surface area (TPSA) is 86.8 Å². The second kappa shape index (κ2) is 12.4. The van der Waals surface area contributed by atoms with Crippen LogP contribution < -0.4 is 9.62 Å². The molecule has 0 saturated heterocycles. The predicted molar refractivity (Wildman–Crippen MR) is 143 cm³/mol. The van der Waals surface area contributed by atoms with Crippen molar-refractivity contribution in [2.75, 3.05) is 17.4 Å². The van der Waals surface area contributed by atoms with E-state index in [0.717, 1.165) is 28.6 Å². The van der Waals surface area contributed by atoms with Crippen molar-refractivity contribution in [1.29, 1.82) is 0 Å². The van der Waals surface area contributed by atoms with Gasteiger partial charge in [0.2, 0.25) is 11.8 Å². The van der Waals surface area contributed by atoms with E-state index in [0.29, 0.717) is 22.2 Å². The molecule has 196 valence electrons. The van der Waals surface area contributed by atoms with Crippen LogP contribution in [0.1, 0.15) is 19.4 Å². The molecule has 37 heavy (non-hydrogen) atoms. The number of halogens is 3. The van der Waals surface area contributed by atoms with Crippen LogP contribution in [0.15, 0.2) is 77.7 Å². The summed E-state index contributed by atoms with van der Waals surface area (Å²) in [6.45, 7) is 2.86. The molecule has 3 rings (SSSR count). The van der Waals surface area contributed by atoms with E-state index >= 15 is 0 Å². The first-order valence-corrected chi connectivity index (χ1v) is 13.6. The maximum atomic E-state index is 13.7. The van der Waals surface area contributed by atoms with Crippen LogP contribution in [-0.4, -0.2) is 44.3 Å². The van der Waals surface area contributed by atoms with Gasteiger partial charge in [-0.1, -0.05) is 47.5 Å². The zero-order chi connectivity index (χ0) is 27.2. The highest BCUT2D eigenvalue weighted by molar-refractivity contribution is 7.92. The first kappa shape index (κ1) is 28.4. The molecular weight excluding hydrogens is 540 g/mol. The third-order valence-corrected chi connectivity index (χ3v) is 8.13. The highest BCUT2D eigenvalue weighted by Crippen LogP contribution is 2.28. The Labute approximate surface area is 225 Å². The smallest absolute Gasteiger partial charge is 0.264 e. The van der Waals surface area contributed by atoms with Gasteiger partial charge in [-0.25, -0.2) is 12.8 Å². The van der Waals surface area contributed by atoms with E-state index in [4.69, 9.17) is 23.2 Å². The van der Waals surface area contributed by atoms with Crippen molar-refractivity contribution < 1.29 is 22.4 Å². The first-order chi connectivity index (χ1) is 17.6. The Morgan fingerprint density at radius 3 is 2.11 bits per heavy atom. The number of sulfonamides is 1. The number of anilines is 1. The minimum absolute atomic E-state index is 0.130. The minimum Gasteiger partial charge on any atom is -0.355 e. The quantitative estimate of drug-likeness (QED) is 0.379. The van der Waals surface area contributed by atoms with Crippen LogP contribution >= 0.6 is 23.2 Å². The monoisotopic (exact) mass is 565 g/mol. The van der Waals surface area contributed by atoms with Crippen molar-refractivity contribution in [2.45, 2.75) is 31.3 Å². The van der Waals surface area contributed by atoms with Gasteiger partial charge in [0.05, 0.1) is 10.6 Å². The molecule has 0 saturated carbocycles. The summed E-state index contributed by atoms with van der Waals surface area (Å²) in [7, 11) is -4.28. The molecule has 0 radical (unpaired) electrons. The van der Waals surface area contributed by atoms with Crippen LogP contribution in [0, 0.1) is 5.82 Å². The molecule has 0 aromatic heterocycles. The summed E-state index contributed by atoms with van der Waals surface area (Å²) in [6, 6.07) is 16.3. The number of carbonyl (C=O) groups is 2. The zero-order valence-electron chi connectivity index (χ0n) is 20.2.